The van der Waals surface area contributed by atoms with Gasteiger partial charge in [0.25, 0.3) is 0 Å². The molecule has 1 heterocycles. The van der Waals surface area contributed by atoms with Crippen LogP contribution in [0.5, 0.6) is 0 Å². The quantitative estimate of drug-likeness (QED) is 0.925. The number of anilines is 1. The number of nitrogens with one attached hydrogen (secondary N) is 1. The van der Waals surface area contributed by atoms with E-state index in [1.807, 2.05) is 13.8 Å². The van der Waals surface area contributed by atoms with Gasteiger partial charge in [0.1, 0.15) is 0 Å². The summed E-state index contributed by atoms with van der Waals surface area (Å²) in [6.07, 6.45) is -3.84. The van der Waals surface area contributed by atoms with E-state index >= 15 is 0 Å². The smallest absolute Gasteiger partial charge is 0.310 e. The summed E-state index contributed by atoms with van der Waals surface area (Å²) in [7, 11) is 0. The number of amides is 1. The maximum absolute atomic E-state index is 12.6. The van der Waals surface area contributed by atoms with Gasteiger partial charge in [0.15, 0.2) is 0 Å². The molecule has 1 atom stereocenters. The Labute approximate surface area is 126 Å². The number of hydrogen-bond acceptors (Lipinski definition) is 2. The minimum Gasteiger partial charge on any atom is -0.310 e. The van der Waals surface area contributed by atoms with Crippen molar-refractivity contribution in [2.24, 2.45) is 0 Å². The molecule has 3 nitrogen and oxygen atoms in total. The van der Waals surface area contributed by atoms with Crippen LogP contribution in [0, 0.1) is 0 Å². The van der Waals surface area contributed by atoms with E-state index in [0.29, 0.717) is 18.7 Å². The molecule has 21 heavy (non-hydrogen) atoms. The van der Waals surface area contributed by atoms with Gasteiger partial charge in [-0.25, -0.2) is 0 Å². The number of rotatable bonds is 3. The first-order chi connectivity index (χ1) is 9.70. The Hall–Kier alpha value is -1.27. The fraction of sp³-hybridized carbons (Fsp3) is 0.500. The van der Waals surface area contributed by atoms with Gasteiger partial charge < -0.3 is 10.2 Å². The lowest BCUT2D eigenvalue weighted by molar-refractivity contribution is -0.137. The zero-order valence-corrected chi connectivity index (χ0v) is 12.4. The van der Waals surface area contributed by atoms with Crippen molar-refractivity contribution < 1.29 is 18.0 Å². The number of halogens is 4. The highest BCUT2D eigenvalue weighted by molar-refractivity contribution is 6.34. The van der Waals surface area contributed by atoms with E-state index in [1.54, 1.807) is 0 Å². The van der Waals surface area contributed by atoms with Crippen molar-refractivity contribution in [2.45, 2.75) is 38.5 Å². The molecule has 0 bridgehead atoms. The van der Waals surface area contributed by atoms with Crippen LogP contribution in [0.3, 0.4) is 0 Å². The molecular weight excluding hydrogens is 305 g/mol. The highest BCUT2D eigenvalue weighted by Crippen LogP contribution is 2.36. The molecule has 1 aromatic carbocycles. The van der Waals surface area contributed by atoms with Crippen LogP contribution < -0.4 is 10.2 Å². The zero-order valence-electron chi connectivity index (χ0n) is 11.7. The Balaban J connectivity index is 2.22. The number of nitrogens with zero attached hydrogens (tertiary/aromatic N) is 1. The minimum absolute atomic E-state index is 0.0663. The van der Waals surface area contributed by atoms with Crippen LogP contribution in [0.4, 0.5) is 18.9 Å². The van der Waals surface area contributed by atoms with Crippen LogP contribution in [0.2, 0.25) is 5.02 Å². The summed E-state index contributed by atoms with van der Waals surface area (Å²) in [5.74, 6) is -0.162. The van der Waals surface area contributed by atoms with Crippen LogP contribution in [0.15, 0.2) is 18.2 Å². The molecule has 1 fully saturated rings. The molecule has 1 aromatic rings. The van der Waals surface area contributed by atoms with Crippen molar-refractivity contribution in [3.8, 4) is 0 Å². The van der Waals surface area contributed by atoms with Gasteiger partial charge in [0.2, 0.25) is 5.91 Å². The Morgan fingerprint density at radius 3 is 2.57 bits per heavy atom. The summed E-state index contributed by atoms with van der Waals surface area (Å²) in [5, 5.41) is 3.07. The third-order valence-corrected chi connectivity index (χ3v) is 3.61. The summed E-state index contributed by atoms with van der Waals surface area (Å²) in [6, 6.07) is 2.89. The second-order valence-corrected chi connectivity index (χ2v) is 5.72. The van der Waals surface area contributed by atoms with Gasteiger partial charge in [-0.1, -0.05) is 25.4 Å². The number of hydrogen-bond donors (Lipinski definition) is 1. The maximum atomic E-state index is 12.6. The van der Waals surface area contributed by atoms with Crippen molar-refractivity contribution in [3.05, 3.63) is 28.8 Å². The lowest BCUT2D eigenvalue weighted by Gasteiger charge is -2.20. The predicted molar refractivity (Wildman–Crippen MR) is 75.5 cm³/mol. The molecule has 7 heteroatoms. The van der Waals surface area contributed by atoms with Gasteiger partial charge in [-0.2, -0.15) is 13.2 Å². The molecule has 2 rings (SSSR count). The minimum atomic E-state index is -4.45. The van der Waals surface area contributed by atoms with E-state index in [-0.39, 0.29) is 23.0 Å². The Bertz CT molecular complexity index is 546. The Kier molecular flexibility index (Phi) is 4.49. The van der Waals surface area contributed by atoms with Gasteiger partial charge in [-0.15, -0.1) is 0 Å². The lowest BCUT2D eigenvalue weighted by Crippen LogP contribution is -2.41. The number of alkyl halides is 3. The molecule has 1 unspecified atom stereocenters. The standard InChI is InChI=1S/C14H16ClF3N2O/c1-8(2)19-11-5-6-20(13(11)21)12-4-3-9(7-10(12)15)14(16,17)18/h3-4,7-8,11,19H,5-6H2,1-2H3. The third-order valence-electron chi connectivity index (χ3n) is 3.31. The van der Waals surface area contributed by atoms with Gasteiger partial charge in [-0.3, -0.25) is 4.79 Å². The number of benzene rings is 1. The second-order valence-electron chi connectivity index (χ2n) is 5.32. The van der Waals surface area contributed by atoms with E-state index in [1.165, 1.54) is 11.0 Å². The first kappa shape index (κ1) is 16.1. The summed E-state index contributed by atoms with van der Waals surface area (Å²) >= 11 is 5.92. The van der Waals surface area contributed by atoms with E-state index in [9.17, 15) is 18.0 Å². The maximum Gasteiger partial charge on any atom is 0.416 e. The predicted octanol–water partition coefficient (Wildman–Crippen LogP) is 3.46. The SMILES string of the molecule is CC(C)NC1CCN(c2ccc(C(F)(F)F)cc2Cl)C1=O. The fourth-order valence-corrected chi connectivity index (χ4v) is 2.66. The van der Waals surface area contributed by atoms with E-state index in [0.717, 1.165) is 12.1 Å². The molecule has 0 saturated carbocycles. The lowest BCUT2D eigenvalue weighted by atomic mass is 10.2. The van der Waals surface area contributed by atoms with Crippen LogP contribution in [-0.2, 0) is 11.0 Å². The van der Waals surface area contributed by atoms with Gasteiger partial charge >= 0.3 is 6.18 Å². The third kappa shape index (κ3) is 3.49. The molecule has 0 radical (unpaired) electrons. The first-order valence-electron chi connectivity index (χ1n) is 6.64. The van der Waals surface area contributed by atoms with Gasteiger partial charge in [0, 0.05) is 12.6 Å². The average molecular weight is 321 g/mol. The Morgan fingerprint density at radius 1 is 1.38 bits per heavy atom. The monoisotopic (exact) mass is 320 g/mol. The second kappa shape index (κ2) is 5.85. The molecule has 0 aliphatic carbocycles. The molecule has 1 amide bonds. The van der Waals surface area contributed by atoms with E-state index in [4.69, 9.17) is 11.6 Å². The summed E-state index contributed by atoms with van der Waals surface area (Å²) in [6.45, 7) is 4.30. The molecule has 0 spiro atoms. The fourth-order valence-electron chi connectivity index (χ4n) is 2.38. The molecule has 0 aromatic heterocycles. The van der Waals surface area contributed by atoms with Crippen molar-refractivity contribution in [1.29, 1.82) is 0 Å². The number of carbonyl (C=O) groups is 1. The topological polar surface area (TPSA) is 32.3 Å². The molecule has 1 N–H and O–H groups in total. The first-order valence-corrected chi connectivity index (χ1v) is 7.02. The van der Waals surface area contributed by atoms with Gasteiger partial charge in [-0.05, 0) is 24.6 Å². The van der Waals surface area contributed by atoms with Crippen molar-refractivity contribution in [1.82, 2.24) is 5.32 Å². The highest BCUT2D eigenvalue weighted by atomic mass is 35.5. The molecule has 1 saturated heterocycles. The van der Waals surface area contributed by atoms with E-state index in [2.05, 4.69) is 5.32 Å². The van der Waals surface area contributed by atoms with E-state index < -0.39 is 11.7 Å². The molecule has 1 aliphatic rings. The number of carbonyl (C=O) groups excluding carboxylic acids is 1. The summed E-state index contributed by atoms with van der Waals surface area (Å²) in [4.78, 5) is 13.7. The van der Waals surface area contributed by atoms with Crippen molar-refractivity contribution in [2.75, 3.05) is 11.4 Å². The largest absolute Gasteiger partial charge is 0.416 e. The zero-order chi connectivity index (χ0) is 15.8. The van der Waals surface area contributed by atoms with Crippen LogP contribution in [-0.4, -0.2) is 24.5 Å². The average Bonchev–Trinajstić information content (AvgIpc) is 2.69. The highest BCUT2D eigenvalue weighted by Gasteiger charge is 2.35. The van der Waals surface area contributed by atoms with Crippen molar-refractivity contribution >= 4 is 23.2 Å². The molecule has 116 valence electrons. The van der Waals surface area contributed by atoms with Crippen molar-refractivity contribution in [3.63, 3.8) is 0 Å². The Morgan fingerprint density at radius 2 is 2.05 bits per heavy atom. The summed E-state index contributed by atoms with van der Waals surface area (Å²) in [5.41, 5.74) is -0.498. The van der Waals surface area contributed by atoms with Crippen LogP contribution in [0.25, 0.3) is 0 Å². The summed E-state index contributed by atoms with van der Waals surface area (Å²) < 4.78 is 37.8. The normalized spacial score (nSPS) is 19.7. The van der Waals surface area contributed by atoms with Crippen LogP contribution >= 0.6 is 11.6 Å². The molecule has 1 aliphatic heterocycles. The van der Waals surface area contributed by atoms with Gasteiger partial charge in [0.05, 0.1) is 22.3 Å². The van der Waals surface area contributed by atoms with Crippen LogP contribution in [0.1, 0.15) is 25.8 Å². The molecular formula is C14H16ClF3N2O.